The number of hydrogen-bond donors (Lipinski definition) is 2. The number of anilines is 2. The Hall–Kier alpha value is -1.40. The zero-order valence-electron chi connectivity index (χ0n) is 12.5. The molecule has 0 aromatic carbocycles. The van der Waals surface area contributed by atoms with E-state index in [0.717, 1.165) is 49.7 Å². The second kappa shape index (κ2) is 7.91. The Morgan fingerprint density at radius 3 is 2.42 bits per heavy atom. The van der Waals surface area contributed by atoms with Crippen LogP contribution in [0.2, 0.25) is 0 Å². The molecule has 3 N–H and O–H groups in total. The first-order valence-corrected chi connectivity index (χ1v) is 6.84. The fourth-order valence-electron chi connectivity index (χ4n) is 2.04. The SMILES string of the molecule is CCCN(CCN(C)C)c1ncnc(NN)c1CC. The van der Waals surface area contributed by atoms with Gasteiger partial charge in [0.05, 0.1) is 0 Å². The zero-order valence-corrected chi connectivity index (χ0v) is 12.5. The fraction of sp³-hybridized carbons (Fsp3) is 0.692. The summed E-state index contributed by atoms with van der Waals surface area (Å²) in [7, 11) is 4.16. The lowest BCUT2D eigenvalue weighted by Crippen LogP contribution is -2.34. The highest BCUT2D eigenvalue weighted by atomic mass is 15.3. The van der Waals surface area contributed by atoms with Gasteiger partial charge in [0.25, 0.3) is 0 Å². The number of nitrogens with one attached hydrogen (secondary N) is 1. The van der Waals surface area contributed by atoms with E-state index in [1.54, 1.807) is 6.33 Å². The van der Waals surface area contributed by atoms with Crippen LogP contribution in [0, 0.1) is 0 Å². The number of rotatable bonds is 8. The normalized spacial score (nSPS) is 10.8. The standard InChI is InChI=1S/C13H26N6/c1-5-7-19(9-8-18(3)4)13-11(6-2)12(17-14)15-10-16-13/h10H,5-9,14H2,1-4H3,(H,15,16,17). The van der Waals surface area contributed by atoms with Gasteiger partial charge in [-0.05, 0) is 26.9 Å². The predicted octanol–water partition coefficient (Wildman–Crippen LogP) is 1.10. The van der Waals surface area contributed by atoms with Crippen molar-refractivity contribution in [3.63, 3.8) is 0 Å². The lowest BCUT2D eigenvalue weighted by Gasteiger charge is -2.27. The van der Waals surface area contributed by atoms with Crippen LogP contribution in [0.15, 0.2) is 6.33 Å². The number of hydrogen-bond acceptors (Lipinski definition) is 6. The fourth-order valence-corrected chi connectivity index (χ4v) is 2.04. The van der Waals surface area contributed by atoms with Crippen molar-refractivity contribution in [2.24, 2.45) is 5.84 Å². The minimum Gasteiger partial charge on any atom is -0.355 e. The van der Waals surface area contributed by atoms with Crippen LogP contribution in [-0.2, 0) is 6.42 Å². The monoisotopic (exact) mass is 266 g/mol. The molecule has 0 bridgehead atoms. The Labute approximate surface area is 116 Å². The van der Waals surface area contributed by atoms with Crippen LogP contribution in [-0.4, -0.2) is 48.6 Å². The van der Waals surface area contributed by atoms with Crippen molar-refractivity contribution < 1.29 is 0 Å². The molecule has 1 aromatic heterocycles. The third-order valence-corrected chi connectivity index (χ3v) is 3.02. The number of aromatic nitrogens is 2. The average molecular weight is 266 g/mol. The van der Waals surface area contributed by atoms with Crippen molar-refractivity contribution >= 4 is 11.6 Å². The molecule has 0 radical (unpaired) electrons. The van der Waals surface area contributed by atoms with Gasteiger partial charge in [0, 0.05) is 25.2 Å². The summed E-state index contributed by atoms with van der Waals surface area (Å²) in [4.78, 5) is 13.1. The highest BCUT2D eigenvalue weighted by Gasteiger charge is 2.15. The molecule has 6 heteroatoms. The quantitative estimate of drug-likeness (QED) is 0.542. The molecule has 0 atom stereocenters. The molecule has 0 saturated heterocycles. The molecule has 1 rings (SSSR count). The summed E-state index contributed by atoms with van der Waals surface area (Å²) in [6.07, 6.45) is 3.52. The first kappa shape index (κ1) is 15.7. The van der Waals surface area contributed by atoms with Gasteiger partial charge < -0.3 is 15.2 Å². The smallest absolute Gasteiger partial charge is 0.148 e. The van der Waals surface area contributed by atoms with Crippen LogP contribution in [0.1, 0.15) is 25.8 Å². The Balaban J connectivity index is 3.00. The van der Waals surface area contributed by atoms with Crippen LogP contribution in [0.3, 0.4) is 0 Å². The molecule has 0 aliphatic carbocycles. The molecule has 6 nitrogen and oxygen atoms in total. The molecule has 0 fully saturated rings. The summed E-state index contributed by atoms with van der Waals surface area (Å²) in [5.74, 6) is 7.24. The van der Waals surface area contributed by atoms with Crippen LogP contribution in [0.25, 0.3) is 0 Å². The third kappa shape index (κ3) is 4.33. The third-order valence-electron chi connectivity index (χ3n) is 3.02. The van der Waals surface area contributed by atoms with Crippen molar-refractivity contribution in [2.75, 3.05) is 44.1 Å². The second-order valence-corrected chi connectivity index (χ2v) is 4.81. The van der Waals surface area contributed by atoms with E-state index in [2.05, 4.69) is 53.1 Å². The van der Waals surface area contributed by atoms with E-state index in [-0.39, 0.29) is 0 Å². The molecule has 19 heavy (non-hydrogen) atoms. The summed E-state index contributed by atoms with van der Waals surface area (Å²) >= 11 is 0. The number of nitrogens with two attached hydrogens (primary N) is 1. The highest BCUT2D eigenvalue weighted by molar-refractivity contribution is 5.58. The Kier molecular flexibility index (Phi) is 6.52. The molecule has 1 aromatic rings. The summed E-state index contributed by atoms with van der Waals surface area (Å²) in [5, 5.41) is 0. The molecule has 1 heterocycles. The molecule has 0 aliphatic heterocycles. The summed E-state index contributed by atoms with van der Waals surface area (Å²) in [5.41, 5.74) is 3.74. The van der Waals surface area contributed by atoms with Gasteiger partial charge in [-0.25, -0.2) is 15.8 Å². The van der Waals surface area contributed by atoms with E-state index in [0.29, 0.717) is 0 Å². The predicted molar refractivity (Wildman–Crippen MR) is 80.3 cm³/mol. The highest BCUT2D eigenvalue weighted by Crippen LogP contribution is 2.23. The van der Waals surface area contributed by atoms with Crippen molar-refractivity contribution in [2.45, 2.75) is 26.7 Å². The van der Waals surface area contributed by atoms with Crippen molar-refractivity contribution in [1.29, 1.82) is 0 Å². The lowest BCUT2D eigenvalue weighted by molar-refractivity contribution is 0.412. The van der Waals surface area contributed by atoms with Crippen LogP contribution in [0.5, 0.6) is 0 Å². The number of nitrogens with zero attached hydrogens (tertiary/aromatic N) is 4. The van der Waals surface area contributed by atoms with E-state index in [1.807, 2.05) is 0 Å². The van der Waals surface area contributed by atoms with Crippen LogP contribution < -0.4 is 16.2 Å². The first-order chi connectivity index (χ1) is 9.13. The van der Waals surface area contributed by atoms with E-state index < -0.39 is 0 Å². The van der Waals surface area contributed by atoms with E-state index in [1.165, 1.54) is 0 Å². The van der Waals surface area contributed by atoms with Gasteiger partial charge in [-0.3, -0.25) is 0 Å². The minimum absolute atomic E-state index is 0.721. The number of nitrogen functional groups attached to an aromatic ring is 1. The van der Waals surface area contributed by atoms with Gasteiger partial charge in [0.15, 0.2) is 0 Å². The first-order valence-electron chi connectivity index (χ1n) is 6.84. The number of likely N-dealkylation sites (N-methyl/N-ethyl adjacent to an activating group) is 1. The van der Waals surface area contributed by atoms with Gasteiger partial charge in [0.1, 0.15) is 18.0 Å². The summed E-state index contributed by atoms with van der Waals surface area (Å²) < 4.78 is 0. The molecular weight excluding hydrogens is 240 g/mol. The van der Waals surface area contributed by atoms with Gasteiger partial charge in [0.2, 0.25) is 0 Å². The Bertz CT molecular complexity index is 379. The van der Waals surface area contributed by atoms with Crippen molar-refractivity contribution in [3.8, 4) is 0 Å². The van der Waals surface area contributed by atoms with Gasteiger partial charge in [-0.2, -0.15) is 0 Å². The van der Waals surface area contributed by atoms with E-state index in [4.69, 9.17) is 5.84 Å². The Morgan fingerprint density at radius 2 is 1.89 bits per heavy atom. The van der Waals surface area contributed by atoms with Gasteiger partial charge >= 0.3 is 0 Å². The second-order valence-electron chi connectivity index (χ2n) is 4.81. The number of hydrazine groups is 1. The lowest BCUT2D eigenvalue weighted by atomic mass is 10.2. The molecule has 0 unspecified atom stereocenters. The molecule has 0 aliphatic rings. The molecule has 0 spiro atoms. The average Bonchev–Trinajstić information content (AvgIpc) is 2.42. The van der Waals surface area contributed by atoms with Crippen LogP contribution in [0.4, 0.5) is 11.6 Å². The van der Waals surface area contributed by atoms with E-state index in [9.17, 15) is 0 Å². The van der Waals surface area contributed by atoms with Crippen molar-refractivity contribution in [1.82, 2.24) is 14.9 Å². The topological polar surface area (TPSA) is 70.3 Å². The largest absolute Gasteiger partial charge is 0.355 e. The maximum Gasteiger partial charge on any atom is 0.148 e. The molecular formula is C13H26N6. The Morgan fingerprint density at radius 1 is 1.16 bits per heavy atom. The summed E-state index contributed by atoms with van der Waals surface area (Å²) in [6.45, 7) is 7.21. The molecule has 108 valence electrons. The molecule has 0 saturated carbocycles. The van der Waals surface area contributed by atoms with E-state index >= 15 is 0 Å². The maximum absolute atomic E-state index is 5.52. The zero-order chi connectivity index (χ0) is 14.3. The van der Waals surface area contributed by atoms with Gasteiger partial charge in [-0.1, -0.05) is 13.8 Å². The van der Waals surface area contributed by atoms with Crippen LogP contribution >= 0.6 is 0 Å². The van der Waals surface area contributed by atoms with Crippen molar-refractivity contribution in [3.05, 3.63) is 11.9 Å². The summed E-state index contributed by atoms with van der Waals surface area (Å²) in [6, 6.07) is 0. The maximum atomic E-state index is 5.52. The van der Waals surface area contributed by atoms with Gasteiger partial charge in [-0.15, -0.1) is 0 Å². The minimum atomic E-state index is 0.721. The molecule has 0 amide bonds.